The topological polar surface area (TPSA) is 57.9 Å². The lowest BCUT2D eigenvalue weighted by Gasteiger charge is -2.28. The second-order valence-electron chi connectivity index (χ2n) is 6.99. The van der Waals surface area contributed by atoms with Crippen LogP contribution in [0.5, 0.6) is 0 Å². The summed E-state index contributed by atoms with van der Waals surface area (Å²) in [7, 11) is 0. The second-order valence-corrected chi connectivity index (χ2v) is 9.89. The number of amides is 1. The molecule has 1 amide bonds. The zero-order valence-corrected chi connectivity index (χ0v) is 18.8. The molecule has 6 nitrogen and oxygen atoms in total. The first-order valence-corrected chi connectivity index (χ1v) is 12.0. The van der Waals surface area contributed by atoms with Gasteiger partial charge in [0.25, 0.3) is 11.5 Å². The van der Waals surface area contributed by atoms with Crippen LogP contribution in [0.3, 0.4) is 0 Å². The molecule has 0 spiro atoms. The predicted octanol–water partition coefficient (Wildman–Crippen LogP) is 3.25. The van der Waals surface area contributed by atoms with Gasteiger partial charge in [-0.1, -0.05) is 37.0 Å². The number of carbonyl (C=O) groups is 1. The highest BCUT2D eigenvalue weighted by atomic mass is 32.2. The third-order valence-electron chi connectivity index (χ3n) is 5.19. The van der Waals surface area contributed by atoms with Gasteiger partial charge in [-0.15, -0.1) is 0 Å². The van der Waals surface area contributed by atoms with E-state index < -0.39 is 0 Å². The van der Waals surface area contributed by atoms with Crippen molar-refractivity contribution in [3.63, 3.8) is 0 Å². The maximum Gasteiger partial charge on any atom is 0.267 e. The molecule has 2 fully saturated rings. The van der Waals surface area contributed by atoms with Crippen LogP contribution in [-0.4, -0.2) is 55.1 Å². The molecule has 0 radical (unpaired) electrons. The molecule has 0 N–H and O–H groups in total. The summed E-state index contributed by atoms with van der Waals surface area (Å²) in [5.74, 6) is 2.50. The lowest BCUT2D eigenvalue weighted by molar-refractivity contribution is -0.123. The van der Waals surface area contributed by atoms with Gasteiger partial charge < -0.3 is 4.90 Å². The number of anilines is 1. The van der Waals surface area contributed by atoms with Crippen molar-refractivity contribution in [2.45, 2.75) is 26.3 Å². The average molecular weight is 447 g/mol. The number of hydrogen-bond donors (Lipinski definition) is 0. The Labute approximate surface area is 183 Å². The van der Waals surface area contributed by atoms with Crippen molar-refractivity contribution >= 4 is 63.5 Å². The fourth-order valence-electron chi connectivity index (χ4n) is 3.41. The molecule has 1 atom stereocenters. The van der Waals surface area contributed by atoms with Gasteiger partial charge in [0.2, 0.25) is 0 Å². The Hall–Kier alpha value is -1.84. The molecular weight excluding hydrogens is 424 g/mol. The van der Waals surface area contributed by atoms with E-state index in [0.717, 1.165) is 31.0 Å². The largest absolute Gasteiger partial charge is 0.354 e. The van der Waals surface area contributed by atoms with Crippen LogP contribution in [-0.2, 0) is 4.79 Å². The van der Waals surface area contributed by atoms with Gasteiger partial charge in [0.15, 0.2) is 0 Å². The monoisotopic (exact) mass is 446 g/mol. The Morgan fingerprint density at radius 2 is 2.03 bits per heavy atom. The van der Waals surface area contributed by atoms with Gasteiger partial charge in [-0.2, -0.15) is 11.8 Å². The fraction of sp³-hybridized carbons (Fsp3) is 0.400. The van der Waals surface area contributed by atoms with Gasteiger partial charge in [-0.3, -0.25) is 18.9 Å². The van der Waals surface area contributed by atoms with Gasteiger partial charge in [0.1, 0.15) is 15.8 Å². The third-order valence-corrected chi connectivity index (χ3v) is 7.46. The minimum atomic E-state index is -0.169. The highest BCUT2D eigenvalue weighted by molar-refractivity contribution is 8.26. The van der Waals surface area contributed by atoms with Gasteiger partial charge >= 0.3 is 0 Å². The van der Waals surface area contributed by atoms with E-state index in [4.69, 9.17) is 17.2 Å². The van der Waals surface area contributed by atoms with Crippen LogP contribution in [0.1, 0.15) is 25.8 Å². The zero-order valence-electron chi connectivity index (χ0n) is 16.3. The minimum absolute atomic E-state index is 0.0304. The first kappa shape index (κ1) is 20.4. The fourth-order valence-corrected chi connectivity index (χ4v) is 5.75. The van der Waals surface area contributed by atoms with Crippen molar-refractivity contribution in [1.29, 1.82) is 0 Å². The van der Waals surface area contributed by atoms with Gasteiger partial charge in [0.05, 0.1) is 10.5 Å². The quantitative estimate of drug-likeness (QED) is 0.528. The molecule has 2 aliphatic rings. The molecule has 0 aromatic carbocycles. The van der Waals surface area contributed by atoms with Gasteiger partial charge in [-0.25, -0.2) is 4.98 Å². The van der Waals surface area contributed by atoms with Crippen LogP contribution >= 0.6 is 35.7 Å². The molecule has 0 bridgehead atoms. The lowest BCUT2D eigenvalue weighted by Crippen LogP contribution is -2.36. The molecule has 4 rings (SSSR count). The smallest absolute Gasteiger partial charge is 0.267 e. The molecule has 2 aliphatic heterocycles. The number of hydrogen-bond acceptors (Lipinski definition) is 7. The van der Waals surface area contributed by atoms with E-state index in [0.29, 0.717) is 26.3 Å². The highest BCUT2D eigenvalue weighted by Crippen LogP contribution is 2.35. The van der Waals surface area contributed by atoms with Crippen molar-refractivity contribution < 1.29 is 4.79 Å². The number of fused-ring (bicyclic) bond motifs is 1. The lowest BCUT2D eigenvalue weighted by atomic mass is 10.2. The maximum absolute atomic E-state index is 13.3. The van der Waals surface area contributed by atoms with Crippen LogP contribution < -0.4 is 10.5 Å². The average Bonchev–Trinajstić information content (AvgIpc) is 3.03. The molecule has 0 unspecified atom stereocenters. The maximum atomic E-state index is 13.3. The van der Waals surface area contributed by atoms with Crippen molar-refractivity contribution in [3.05, 3.63) is 45.2 Å². The Kier molecular flexibility index (Phi) is 5.98. The Bertz CT molecular complexity index is 1060. The molecule has 29 heavy (non-hydrogen) atoms. The van der Waals surface area contributed by atoms with E-state index >= 15 is 0 Å². The van der Waals surface area contributed by atoms with Crippen LogP contribution in [0.4, 0.5) is 5.82 Å². The van der Waals surface area contributed by atoms with Gasteiger partial charge in [-0.05, 0) is 31.6 Å². The van der Waals surface area contributed by atoms with E-state index in [1.807, 2.05) is 37.7 Å². The number of rotatable bonds is 4. The van der Waals surface area contributed by atoms with E-state index in [9.17, 15) is 9.59 Å². The van der Waals surface area contributed by atoms with Crippen molar-refractivity contribution in [2.75, 3.05) is 29.5 Å². The zero-order chi connectivity index (χ0) is 20.5. The van der Waals surface area contributed by atoms with Crippen LogP contribution in [0.2, 0.25) is 0 Å². The number of nitrogens with zero attached hydrogens (tertiary/aromatic N) is 4. The Morgan fingerprint density at radius 1 is 1.28 bits per heavy atom. The second kappa shape index (κ2) is 8.49. The molecule has 152 valence electrons. The van der Waals surface area contributed by atoms with E-state index in [2.05, 4.69) is 4.90 Å². The summed E-state index contributed by atoms with van der Waals surface area (Å²) < 4.78 is 2.07. The van der Waals surface area contributed by atoms with E-state index in [1.54, 1.807) is 23.2 Å². The summed E-state index contributed by atoms with van der Waals surface area (Å²) >= 11 is 8.59. The predicted molar refractivity (Wildman–Crippen MR) is 126 cm³/mol. The Morgan fingerprint density at radius 3 is 2.76 bits per heavy atom. The molecule has 2 aromatic heterocycles. The third kappa shape index (κ3) is 3.83. The van der Waals surface area contributed by atoms with E-state index in [1.165, 1.54) is 16.2 Å². The van der Waals surface area contributed by atoms with Crippen LogP contribution in [0.25, 0.3) is 11.7 Å². The molecule has 2 saturated heterocycles. The molecule has 2 aromatic rings. The van der Waals surface area contributed by atoms with Crippen molar-refractivity contribution in [2.24, 2.45) is 0 Å². The number of thiocarbonyl (C=S) groups is 1. The highest BCUT2D eigenvalue weighted by Gasteiger charge is 2.35. The van der Waals surface area contributed by atoms with Crippen molar-refractivity contribution in [1.82, 2.24) is 14.3 Å². The summed E-state index contributed by atoms with van der Waals surface area (Å²) in [6, 6.07) is 5.53. The van der Waals surface area contributed by atoms with Crippen molar-refractivity contribution in [3.8, 4) is 0 Å². The summed E-state index contributed by atoms with van der Waals surface area (Å²) in [6.45, 7) is 5.67. The number of aromatic nitrogens is 2. The summed E-state index contributed by atoms with van der Waals surface area (Å²) in [4.78, 5) is 35.4. The standard InChI is InChI=1S/C20H22N4O2S3/c1-3-13(2)24-19(26)15(29-20(24)27)12-14-17(22-8-10-28-11-9-22)21-16-6-4-5-7-23(16)18(14)25/h4-7,12-13H,3,8-11H2,1-2H3/b15-12-/t13-/m1/s1. The first-order chi connectivity index (χ1) is 14.0. The van der Waals surface area contributed by atoms with Gasteiger partial charge in [0, 0.05) is 36.8 Å². The van der Waals surface area contributed by atoms with Crippen LogP contribution in [0, 0.1) is 0 Å². The first-order valence-electron chi connectivity index (χ1n) is 9.62. The molecular formula is C20H22N4O2S3. The summed E-state index contributed by atoms with van der Waals surface area (Å²) in [5.41, 5.74) is 0.887. The number of thioether (sulfide) groups is 2. The SMILES string of the molecule is CC[C@@H](C)N1C(=O)/C(=C/c2c(N3CCSCC3)nc3ccccn3c2=O)SC1=S. The molecule has 9 heteroatoms. The van der Waals surface area contributed by atoms with Crippen LogP contribution in [0.15, 0.2) is 34.1 Å². The molecule has 4 heterocycles. The number of pyridine rings is 1. The van der Waals surface area contributed by atoms with E-state index in [-0.39, 0.29) is 17.5 Å². The Balaban J connectivity index is 1.85. The minimum Gasteiger partial charge on any atom is -0.354 e. The molecule has 0 aliphatic carbocycles. The summed E-state index contributed by atoms with van der Waals surface area (Å²) in [6.07, 6.45) is 4.21. The summed E-state index contributed by atoms with van der Waals surface area (Å²) in [5, 5.41) is 0. The number of carbonyl (C=O) groups excluding carboxylic acids is 1. The normalized spacial score (nSPS) is 20.1. The molecule has 0 saturated carbocycles.